The number of carbonyl (C=O) groups excluding carboxylic acids is 1. The maximum Gasteiger partial charge on any atom is 0.264 e. The molecule has 164 valence electrons. The number of anilines is 2. The van der Waals surface area contributed by atoms with Gasteiger partial charge in [0.15, 0.2) is 0 Å². The van der Waals surface area contributed by atoms with Gasteiger partial charge in [-0.3, -0.25) is 4.79 Å². The molecule has 2 heterocycles. The van der Waals surface area contributed by atoms with Gasteiger partial charge >= 0.3 is 0 Å². The zero-order valence-corrected chi connectivity index (χ0v) is 20.1. The van der Waals surface area contributed by atoms with Crippen molar-refractivity contribution in [2.45, 2.75) is 38.8 Å². The van der Waals surface area contributed by atoms with Crippen molar-refractivity contribution >= 4 is 58.3 Å². The lowest BCUT2D eigenvalue weighted by Gasteiger charge is -2.28. The minimum Gasteiger partial charge on any atom is -0.381 e. The Kier molecular flexibility index (Phi) is 7.17. The van der Waals surface area contributed by atoms with E-state index in [1.165, 1.54) is 12.8 Å². The average molecular weight is 476 g/mol. The highest BCUT2D eigenvalue weighted by atomic mass is 35.5. The van der Waals surface area contributed by atoms with Gasteiger partial charge in [-0.25, -0.2) is 0 Å². The summed E-state index contributed by atoms with van der Waals surface area (Å²) in [5.74, 6) is 0.829. The molecule has 2 aliphatic heterocycles. The van der Waals surface area contributed by atoms with Gasteiger partial charge in [0, 0.05) is 35.8 Å². The minimum atomic E-state index is -0.00377. The number of benzene rings is 2. The van der Waals surface area contributed by atoms with Crippen molar-refractivity contribution in [3.05, 3.63) is 62.5 Å². The highest BCUT2D eigenvalue weighted by Gasteiger charge is 2.26. The van der Waals surface area contributed by atoms with E-state index >= 15 is 0 Å². The van der Waals surface area contributed by atoms with Crippen LogP contribution in [0.15, 0.2) is 41.3 Å². The second-order valence-electron chi connectivity index (χ2n) is 8.07. The molecule has 2 aromatic rings. The summed E-state index contributed by atoms with van der Waals surface area (Å²) in [6, 6.07) is 12.4. The van der Waals surface area contributed by atoms with Crippen LogP contribution in [0.5, 0.6) is 0 Å². The highest BCUT2D eigenvalue weighted by molar-refractivity contribution is 8.04. The van der Waals surface area contributed by atoms with E-state index < -0.39 is 0 Å². The number of nitrogens with one attached hydrogen (secondary N) is 2. The number of halogens is 2. The lowest BCUT2D eigenvalue weighted by molar-refractivity contribution is -0.114. The van der Waals surface area contributed by atoms with Crippen molar-refractivity contribution in [3.8, 4) is 0 Å². The van der Waals surface area contributed by atoms with Gasteiger partial charge < -0.3 is 15.5 Å². The lowest BCUT2D eigenvalue weighted by Crippen LogP contribution is -2.38. The van der Waals surface area contributed by atoms with Crippen molar-refractivity contribution in [3.63, 3.8) is 0 Å². The highest BCUT2D eigenvalue weighted by Crippen LogP contribution is 2.34. The van der Waals surface area contributed by atoms with Gasteiger partial charge in [-0.2, -0.15) is 0 Å². The van der Waals surface area contributed by atoms with Crippen molar-refractivity contribution in [2.24, 2.45) is 0 Å². The third-order valence-corrected chi connectivity index (χ3v) is 7.72. The largest absolute Gasteiger partial charge is 0.381 e. The van der Waals surface area contributed by atoms with Crippen LogP contribution in [0.2, 0.25) is 10.0 Å². The molecule has 2 atom stereocenters. The normalized spacial score (nSPS) is 21.5. The molecule has 2 aliphatic rings. The SMILES string of the molecule is Cc1c(/C=C2\SCCN(c3ccc(Cl)c(Cl)c3)C2=O)cccc1NC(C)C1CCCN1. The summed E-state index contributed by atoms with van der Waals surface area (Å²) in [6.45, 7) is 6.07. The van der Waals surface area contributed by atoms with Gasteiger partial charge in [0.05, 0.1) is 15.0 Å². The fourth-order valence-electron chi connectivity index (χ4n) is 4.14. The third kappa shape index (κ3) is 5.06. The van der Waals surface area contributed by atoms with Crippen LogP contribution in [-0.4, -0.2) is 36.8 Å². The van der Waals surface area contributed by atoms with Gasteiger partial charge in [-0.15, -0.1) is 11.8 Å². The van der Waals surface area contributed by atoms with Crippen molar-refractivity contribution in [2.75, 3.05) is 29.1 Å². The molecule has 1 amide bonds. The molecule has 0 aromatic heterocycles. The van der Waals surface area contributed by atoms with Crippen molar-refractivity contribution < 1.29 is 4.79 Å². The predicted octanol–water partition coefficient (Wildman–Crippen LogP) is 5.98. The van der Waals surface area contributed by atoms with E-state index in [1.807, 2.05) is 18.2 Å². The summed E-state index contributed by atoms with van der Waals surface area (Å²) in [7, 11) is 0. The molecule has 0 spiro atoms. The Bertz CT molecular complexity index is 1000. The quantitative estimate of drug-likeness (QED) is 0.522. The van der Waals surface area contributed by atoms with Gasteiger partial charge in [-0.1, -0.05) is 35.3 Å². The molecule has 31 heavy (non-hydrogen) atoms. The molecule has 7 heteroatoms. The summed E-state index contributed by atoms with van der Waals surface area (Å²) in [4.78, 5) is 15.7. The first kappa shape index (κ1) is 22.5. The first-order valence-electron chi connectivity index (χ1n) is 10.6. The van der Waals surface area contributed by atoms with E-state index in [0.29, 0.717) is 28.7 Å². The van der Waals surface area contributed by atoms with Gasteiger partial charge in [0.2, 0.25) is 0 Å². The summed E-state index contributed by atoms with van der Waals surface area (Å²) in [5.41, 5.74) is 4.10. The molecule has 4 rings (SSSR count). The Morgan fingerprint density at radius 3 is 2.84 bits per heavy atom. The van der Waals surface area contributed by atoms with Gasteiger partial charge in [-0.05, 0) is 74.7 Å². The molecule has 4 nitrogen and oxygen atoms in total. The van der Waals surface area contributed by atoms with Crippen LogP contribution in [0, 0.1) is 6.92 Å². The summed E-state index contributed by atoms with van der Waals surface area (Å²) < 4.78 is 0. The molecule has 2 unspecified atom stereocenters. The first-order chi connectivity index (χ1) is 14.9. The van der Waals surface area contributed by atoms with E-state index in [2.05, 4.69) is 36.6 Å². The van der Waals surface area contributed by atoms with E-state index in [9.17, 15) is 4.79 Å². The van der Waals surface area contributed by atoms with Crippen LogP contribution in [0.4, 0.5) is 11.4 Å². The van der Waals surface area contributed by atoms with Crippen LogP contribution in [-0.2, 0) is 4.79 Å². The van der Waals surface area contributed by atoms with Crippen molar-refractivity contribution in [1.29, 1.82) is 0 Å². The Labute approximate surface area is 198 Å². The van der Waals surface area contributed by atoms with Crippen molar-refractivity contribution in [1.82, 2.24) is 5.32 Å². The molecule has 2 saturated heterocycles. The average Bonchev–Trinajstić information content (AvgIpc) is 3.29. The minimum absolute atomic E-state index is 0.00377. The number of amides is 1. The Morgan fingerprint density at radius 1 is 1.26 bits per heavy atom. The number of carbonyl (C=O) groups is 1. The molecule has 0 radical (unpaired) electrons. The van der Waals surface area contributed by atoms with Gasteiger partial charge in [0.25, 0.3) is 5.91 Å². The number of thioether (sulfide) groups is 1. The topological polar surface area (TPSA) is 44.4 Å². The zero-order chi connectivity index (χ0) is 22.0. The summed E-state index contributed by atoms with van der Waals surface area (Å²) >= 11 is 13.8. The Hall–Kier alpha value is -1.66. The predicted molar refractivity (Wildman–Crippen MR) is 135 cm³/mol. The fourth-order valence-corrected chi connectivity index (χ4v) is 5.37. The number of rotatable bonds is 5. The smallest absolute Gasteiger partial charge is 0.264 e. The molecule has 0 bridgehead atoms. The first-order valence-corrected chi connectivity index (χ1v) is 12.4. The second-order valence-corrected chi connectivity index (χ2v) is 10.0. The standard InChI is InChI=1S/C24H27Cl2N3OS/c1-15-17(5-3-6-21(15)28-16(2)22-7-4-10-27-22)13-23-24(30)29(11-12-31-23)18-8-9-19(25)20(26)14-18/h3,5-6,8-9,13-14,16,22,27-28H,4,7,10-12H2,1-2H3/b23-13-. The molecule has 2 fully saturated rings. The van der Waals surface area contributed by atoms with Crippen LogP contribution in [0.3, 0.4) is 0 Å². The molecule has 0 aliphatic carbocycles. The molecule has 2 aromatic carbocycles. The van der Waals surface area contributed by atoms with E-state index in [-0.39, 0.29) is 5.91 Å². The van der Waals surface area contributed by atoms with E-state index in [0.717, 1.165) is 39.7 Å². The Balaban J connectivity index is 1.56. The number of nitrogens with zero attached hydrogens (tertiary/aromatic N) is 1. The second kappa shape index (κ2) is 9.86. The number of hydrogen-bond donors (Lipinski definition) is 2. The van der Waals surface area contributed by atoms with Crippen LogP contribution in [0.1, 0.15) is 30.9 Å². The molecule has 2 N–H and O–H groups in total. The van der Waals surface area contributed by atoms with Gasteiger partial charge in [0.1, 0.15) is 0 Å². The van der Waals surface area contributed by atoms with Crippen LogP contribution in [0.25, 0.3) is 6.08 Å². The van der Waals surface area contributed by atoms with E-state index in [1.54, 1.807) is 28.8 Å². The van der Waals surface area contributed by atoms with Crippen LogP contribution < -0.4 is 15.5 Å². The fraction of sp³-hybridized carbons (Fsp3) is 0.375. The summed E-state index contributed by atoms with van der Waals surface area (Å²) in [5, 5.41) is 8.17. The molecule has 0 saturated carbocycles. The maximum atomic E-state index is 13.2. The number of hydrogen-bond acceptors (Lipinski definition) is 4. The molecular formula is C24H27Cl2N3OS. The zero-order valence-electron chi connectivity index (χ0n) is 17.8. The Morgan fingerprint density at radius 2 is 2.10 bits per heavy atom. The lowest BCUT2D eigenvalue weighted by atomic mass is 10.0. The maximum absolute atomic E-state index is 13.2. The monoisotopic (exact) mass is 475 g/mol. The van der Waals surface area contributed by atoms with Crippen LogP contribution >= 0.6 is 35.0 Å². The third-order valence-electron chi connectivity index (χ3n) is 5.99. The molecular weight excluding hydrogens is 449 g/mol. The van der Waals surface area contributed by atoms with E-state index in [4.69, 9.17) is 23.2 Å². The summed E-state index contributed by atoms with van der Waals surface area (Å²) in [6.07, 6.45) is 4.44.